The minimum atomic E-state index is -0.908. The summed E-state index contributed by atoms with van der Waals surface area (Å²) in [6, 6.07) is 5.69. The number of aromatic carboxylic acids is 1. The molecule has 19 heavy (non-hydrogen) atoms. The van der Waals surface area contributed by atoms with Crippen LogP contribution >= 0.6 is 11.3 Å². The van der Waals surface area contributed by atoms with Gasteiger partial charge in [0, 0.05) is 23.7 Å². The highest BCUT2D eigenvalue weighted by Gasteiger charge is 2.26. The predicted octanol–water partition coefficient (Wildman–Crippen LogP) is 3.12. The van der Waals surface area contributed by atoms with E-state index in [4.69, 9.17) is 0 Å². The van der Waals surface area contributed by atoms with Crippen molar-refractivity contribution in [2.45, 2.75) is 32.6 Å². The van der Waals surface area contributed by atoms with E-state index >= 15 is 0 Å². The molecule has 0 bridgehead atoms. The van der Waals surface area contributed by atoms with Crippen molar-refractivity contribution in [2.24, 2.45) is 0 Å². The van der Waals surface area contributed by atoms with Crippen LogP contribution in [0.15, 0.2) is 24.4 Å². The highest BCUT2D eigenvalue weighted by molar-refractivity contribution is 7.13. The number of carbonyl (C=O) groups is 1. The number of carboxylic acids is 1. The topological polar surface area (TPSA) is 63.1 Å². The van der Waals surface area contributed by atoms with Gasteiger partial charge in [0.15, 0.2) is 0 Å². The molecule has 0 fully saturated rings. The molecule has 4 nitrogen and oxygen atoms in total. The van der Waals surface area contributed by atoms with E-state index in [9.17, 15) is 9.90 Å². The van der Waals surface area contributed by atoms with Crippen LogP contribution in [0.1, 0.15) is 46.8 Å². The summed E-state index contributed by atoms with van der Waals surface area (Å²) < 4.78 is 0. The maximum atomic E-state index is 11.3. The third-order valence-corrected chi connectivity index (χ3v) is 3.68. The zero-order valence-corrected chi connectivity index (χ0v) is 12.0. The zero-order chi connectivity index (χ0) is 14.0. The molecular weight excluding hydrogens is 260 g/mol. The first-order chi connectivity index (χ1) is 8.88. The van der Waals surface area contributed by atoms with Crippen molar-refractivity contribution < 1.29 is 9.90 Å². The van der Waals surface area contributed by atoms with E-state index in [1.165, 1.54) is 11.3 Å². The van der Waals surface area contributed by atoms with Crippen molar-refractivity contribution in [2.75, 3.05) is 0 Å². The second-order valence-electron chi connectivity index (χ2n) is 5.34. The van der Waals surface area contributed by atoms with Crippen LogP contribution in [0.3, 0.4) is 0 Å². The SMILES string of the molecule is CC(C)(C)c1nc(Cc2ccccn2)sc1C(=O)O. The smallest absolute Gasteiger partial charge is 0.347 e. The van der Waals surface area contributed by atoms with E-state index in [2.05, 4.69) is 9.97 Å². The molecule has 100 valence electrons. The fourth-order valence-corrected chi connectivity index (χ4v) is 2.88. The first-order valence-electron chi connectivity index (χ1n) is 6.01. The summed E-state index contributed by atoms with van der Waals surface area (Å²) in [5.41, 5.74) is 1.27. The molecule has 0 atom stereocenters. The number of nitrogens with zero attached hydrogens (tertiary/aromatic N) is 2. The van der Waals surface area contributed by atoms with Gasteiger partial charge in [-0.3, -0.25) is 4.98 Å². The van der Waals surface area contributed by atoms with Crippen molar-refractivity contribution in [3.05, 3.63) is 45.7 Å². The van der Waals surface area contributed by atoms with Crippen molar-refractivity contribution in [1.29, 1.82) is 0 Å². The highest BCUT2D eigenvalue weighted by Crippen LogP contribution is 2.30. The lowest BCUT2D eigenvalue weighted by molar-refractivity contribution is 0.0699. The van der Waals surface area contributed by atoms with Gasteiger partial charge in [0.2, 0.25) is 0 Å². The van der Waals surface area contributed by atoms with Crippen LogP contribution in [0.5, 0.6) is 0 Å². The van der Waals surface area contributed by atoms with Crippen LogP contribution in [0.2, 0.25) is 0 Å². The van der Waals surface area contributed by atoms with E-state index in [0.717, 1.165) is 10.7 Å². The van der Waals surface area contributed by atoms with Crippen LogP contribution in [0.4, 0.5) is 0 Å². The number of pyridine rings is 1. The van der Waals surface area contributed by atoms with Gasteiger partial charge in [-0.05, 0) is 12.1 Å². The second-order valence-corrected chi connectivity index (χ2v) is 6.42. The Kier molecular flexibility index (Phi) is 3.66. The lowest BCUT2D eigenvalue weighted by atomic mass is 9.91. The van der Waals surface area contributed by atoms with Gasteiger partial charge < -0.3 is 5.11 Å². The molecule has 0 aliphatic carbocycles. The standard InChI is InChI=1S/C14H16N2O2S/c1-14(2,3)12-11(13(17)18)19-10(16-12)8-9-6-4-5-7-15-9/h4-7H,8H2,1-3H3,(H,17,18). The maximum Gasteiger partial charge on any atom is 0.347 e. The monoisotopic (exact) mass is 276 g/mol. The van der Waals surface area contributed by atoms with Crippen LogP contribution < -0.4 is 0 Å². The summed E-state index contributed by atoms with van der Waals surface area (Å²) >= 11 is 1.24. The molecule has 0 spiro atoms. The molecule has 0 unspecified atom stereocenters. The van der Waals surface area contributed by atoms with Gasteiger partial charge in [-0.25, -0.2) is 9.78 Å². The van der Waals surface area contributed by atoms with Gasteiger partial charge >= 0.3 is 5.97 Å². The van der Waals surface area contributed by atoms with Gasteiger partial charge in [-0.15, -0.1) is 11.3 Å². The Morgan fingerprint density at radius 1 is 1.37 bits per heavy atom. The number of rotatable bonds is 3. The average Bonchev–Trinajstić information content (AvgIpc) is 2.74. The Morgan fingerprint density at radius 2 is 2.11 bits per heavy atom. The Hall–Kier alpha value is -1.75. The third-order valence-electron chi connectivity index (χ3n) is 2.63. The van der Waals surface area contributed by atoms with Crippen LogP contribution in [-0.2, 0) is 11.8 Å². The maximum absolute atomic E-state index is 11.3. The van der Waals surface area contributed by atoms with Crippen molar-refractivity contribution in [3.8, 4) is 0 Å². The van der Waals surface area contributed by atoms with Gasteiger partial charge in [-0.2, -0.15) is 0 Å². The Bertz CT molecular complexity index is 585. The van der Waals surface area contributed by atoms with E-state index in [0.29, 0.717) is 17.0 Å². The van der Waals surface area contributed by atoms with Crippen molar-refractivity contribution in [3.63, 3.8) is 0 Å². The second kappa shape index (κ2) is 5.09. The van der Waals surface area contributed by atoms with Crippen LogP contribution in [0.25, 0.3) is 0 Å². The predicted molar refractivity (Wildman–Crippen MR) is 74.8 cm³/mol. The summed E-state index contributed by atoms with van der Waals surface area (Å²) in [6.45, 7) is 5.91. The fourth-order valence-electron chi connectivity index (χ4n) is 1.75. The van der Waals surface area contributed by atoms with Crippen molar-refractivity contribution in [1.82, 2.24) is 9.97 Å². The molecule has 0 radical (unpaired) electrons. The van der Waals surface area contributed by atoms with Gasteiger partial charge in [0.25, 0.3) is 0 Å². The average molecular weight is 276 g/mol. The zero-order valence-electron chi connectivity index (χ0n) is 11.2. The van der Waals surface area contributed by atoms with Crippen molar-refractivity contribution >= 4 is 17.3 Å². The van der Waals surface area contributed by atoms with Gasteiger partial charge in [-0.1, -0.05) is 26.8 Å². The van der Waals surface area contributed by atoms with E-state index < -0.39 is 5.97 Å². The molecular formula is C14H16N2O2S. The molecule has 0 aromatic carbocycles. The Balaban J connectivity index is 2.36. The number of hydrogen-bond acceptors (Lipinski definition) is 4. The molecule has 2 heterocycles. The minimum absolute atomic E-state index is 0.271. The highest BCUT2D eigenvalue weighted by atomic mass is 32.1. The number of carboxylic acid groups (broad SMARTS) is 1. The largest absolute Gasteiger partial charge is 0.477 e. The number of hydrogen-bond donors (Lipinski definition) is 1. The summed E-state index contributed by atoms with van der Waals surface area (Å²) in [5.74, 6) is -0.908. The van der Waals surface area contributed by atoms with Gasteiger partial charge in [0.1, 0.15) is 4.88 Å². The fraction of sp³-hybridized carbons (Fsp3) is 0.357. The van der Waals surface area contributed by atoms with Crippen LogP contribution in [0, 0.1) is 0 Å². The summed E-state index contributed by atoms with van der Waals surface area (Å²) in [7, 11) is 0. The molecule has 0 aliphatic heterocycles. The molecule has 5 heteroatoms. The summed E-state index contributed by atoms with van der Waals surface area (Å²) in [4.78, 5) is 20.4. The molecule has 0 aliphatic rings. The summed E-state index contributed by atoms with van der Waals surface area (Å²) in [5, 5.41) is 10.1. The lowest BCUT2D eigenvalue weighted by Gasteiger charge is -2.16. The molecule has 0 saturated heterocycles. The molecule has 2 aromatic heterocycles. The van der Waals surface area contributed by atoms with E-state index in [-0.39, 0.29) is 5.41 Å². The Morgan fingerprint density at radius 3 is 2.58 bits per heavy atom. The van der Waals surface area contributed by atoms with Gasteiger partial charge in [0.05, 0.1) is 10.7 Å². The third kappa shape index (κ3) is 3.17. The Labute approximate surface area is 116 Å². The molecule has 0 saturated carbocycles. The number of aromatic nitrogens is 2. The molecule has 2 aromatic rings. The lowest BCUT2D eigenvalue weighted by Crippen LogP contribution is -2.16. The molecule has 1 N–H and O–H groups in total. The minimum Gasteiger partial charge on any atom is -0.477 e. The normalized spacial score (nSPS) is 11.5. The molecule has 0 amide bonds. The number of thiazole rings is 1. The van der Waals surface area contributed by atoms with E-state index in [1.807, 2.05) is 39.0 Å². The van der Waals surface area contributed by atoms with Crippen LogP contribution in [-0.4, -0.2) is 21.0 Å². The quantitative estimate of drug-likeness (QED) is 0.935. The molecule has 2 rings (SSSR count). The summed E-state index contributed by atoms with van der Waals surface area (Å²) in [6.07, 6.45) is 2.30. The first kappa shape index (κ1) is 13.7. The first-order valence-corrected chi connectivity index (χ1v) is 6.83. The van der Waals surface area contributed by atoms with E-state index in [1.54, 1.807) is 6.20 Å².